The van der Waals surface area contributed by atoms with Crippen LogP contribution in [0.25, 0.3) is 0 Å². The van der Waals surface area contributed by atoms with E-state index in [0.717, 1.165) is 4.90 Å². The lowest BCUT2D eigenvalue weighted by molar-refractivity contribution is -0.283. The van der Waals surface area contributed by atoms with Gasteiger partial charge in [0.2, 0.25) is 5.91 Å². The van der Waals surface area contributed by atoms with Crippen molar-refractivity contribution in [3.05, 3.63) is 29.8 Å². The van der Waals surface area contributed by atoms with Crippen LogP contribution in [0.2, 0.25) is 0 Å². The Hall–Kier alpha value is -2.28. The fraction of sp³-hybridized carbons (Fsp3) is 0.529. The number of nitrogens with zero attached hydrogens (tertiary/aromatic N) is 1. The molecule has 0 saturated carbocycles. The highest BCUT2D eigenvalue weighted by Gasteiger charge is 2.44. The van der Waals surface area contributed by atoms with Crippen molar-refractivity contribution in [2.75, 3.05) is 13.1 Å². The number of hydrogen-bond acceptors (Lipinski definition) is 9. The maximum absolute atomic E-state index is 12.6. The minimum Gasteiger partial charge on any atom is -0.508 e. The Morgan fingerprint density at radius 3 is 2.25 bits per heavy atom. The van der Waals surface area contributed by atoms with Crippen molar-refractivity contribution in [2.45, 2.75) is 43.2 Å². The number of phenols is 1. The molecule has 1 amide bonds. The van der Waals surface area contributed by atoms with Gasteiger partial charge in [-0.05, 0) is 24.1 Å². The fourth-order valence-corrected chi connectivity index (χ4v) is 2.90. The zero-order valence-electron chi connectivity index (χ0n) is 14.8. The van der Waals surface area contributed by atoms with Crippen molar-refractivity contribution in [3.63, 3.8) is 0 Å². The number of benzene rings is 1. The monoisotopic (exact) mass is 400 g/mol. The van der Waals surface area contributed by atoms with Gasteiger partial charge >= 0.3 is 5.97 Å². The molecule has 1 aliphatic rings. The number of rotatable bonds is 7. The normalized spacial score (nSPS) is 28.5. The van der Waals surface area contributed by atoms with Gasteiger partial charge in [0.05, 0.1) is 12.6 Å². The predicted octanol–water partition coefficient (Wildman–Crippen LogP) is -3.02. The van der Waals surface area contributed by atoms with Crippen LogP contribution in [0.15, 0.2) is 24.3 Å². The Bertz CT molecular complexity index is 684. The molecule has 1 saturated heterocycles. The third kappa shape index (κ3) is 5.38. The van der Waals surface area contributed by atoms with Crippen molar-refractivity contribution in [1.29, 1.82) is 0 Å². The smallest absolute Gasteiger partial charge is 0.323 e. The standard InChI is InChI=1S/C17H24N2O9/c18-10(5-8-1-3-9(20)4-2-8)16(26)19(7-12(21)22)6-11-13(23)14(24)15(25)17(27)28-11/h1-4,10-11,13-15,17,20,23-25,27H,5-7,18H2,(H,21,22)/t10-,11+,13-,14-,15+,17?/m0/s1. The lowest BCUT2D eigenvalue weighted by Gasteiger charge is -2.40. The predicted molar refractivity (Wildman–Crippen MR) is 92.9 cm³/mol. The zero-order chi connectivity index (χ0) is 21.0. The number of carboxylic acids is 1. The molecule has 1 unspecified atom stereocenters. The Balaban J connectivity index is 2.10. The average molecular weight is 400 g/mol. The van der Waals surface area contributed by atoms with Crippen molar-refractivity contribution >= 4 is 11.9 Å². The molecule has 0 spiro atoms. The molecule has 28 heavy (non-hydrogen) atoms. The van der Waals surface area contributed by atoms with Crippen LogP contribution in [0.3, 0.4) is 0 Å². The summed E-state index contributed by atoms with van der Waals surface area (Å²) in [5.74, 6) is -2.04. The van der Waals surface area contributed by atoms with Crippen molar-refractivity contribution in [1.82, 2.24) is 4.90 Å². The van der Waals surface area contributed by atoms with Gasteiger partial charge in [-0.1, -0.05) is 12.1 Å². The molecule has 8 N–H and O–H groups in total. The second kappa shape index (κ2) is 9.28. The molecule has 1 aromatic carbocycles. The van der Waals surface area contributed by atoms with E-state index in [0.29, 0.717) is 5.56 Å². The highest BCUT2D eigenvalue weighted by atomic mass is 16.6. The Kier molecular flexibility index (Phi) is 7.29. The van der Waals surface area contributed by atoms with Crippen LogP contribution in [-0.2, 0) is 20.7 Å². The van der Waals surface area contributed by atoms with Gasteiger partial charge < -0.3 is 46.0 Å². The number of amides is 1. The fourth-order valence-electron chi connectivity index (χ4n) is 2.90. The summed E-state index contributed by atoms with van der Waals surface area (Å²) >= 11 is 0. The van der Waals surface area contributed by atoms with Gasteiger partial charge in [-0.25, -0.2) is 0 Å². The summed E-state index contributed by atoms with van der Waals surface area (Å²) in [6.45, 7) is -1.22. The number of phenolic OH excluding ortho intramolecular Hbond substituents is 1. The highest BCUT2D eigenvalue weighted by molar-refractivity contribution is 5.85. The molecule has 0 radical (unpaired) electrons. The summed E-state index contributed by atoms with van der Waals surface area (Å²) < 4.78 is 4.99. The maximum Gasteiger partial charge on any atom is 0.323 e. The molecule has 11 nitrogen and oxygen atoms in total. The summed E-state index contributed by atoms with van der Waals surface area (Å²) in [6, 6.07) is 4.84. The molecular weight excluding hydrogens is 376 g/mol. The van der Waals surface area contributed by atoms with E-state index in [1.165, 1.54) is 12.1 Å². The summed E-state index contributed by atoms with van der Waals surface area (Å²) in [6.07, 6.45) is -8.22. The van der Waals surface area contributed by atoms with Crippen LogP contribution in [0.4, 0.5) is 0 Å². The Labute approximate surface area is 160 Å². The van der Waals surface area contributed by atoms with Gasteiger partial charge in [0.1, 0.15) is 36.7 Å². The molecule has 1 heterocycles. The number of aromatic hydroxyl groups is 1. The quantitative estimate of drug-likeness (QED) is 0.247. The number of aliphatic hydroxyl groups is 4. The van der Waals surface area contributed by atoms with E-state index in [1.54, 1.807) is 12.1 Å². The first-order chi connectivity index (χ1) is 13.1. The van der Waals surface area contributed by atoms with E-state index in [4.69, 9.17) is 15.6 Å². The number of carbonyl (C=O) groups excluding carboxylic acids is 1. The lowest BCUT2D eigenvalue weighted by atomic mass is 9.98. The average Bonchev–Trinajstić information content (AvgIpc) is 2.64. The molecule has 0 bridgehead atoms. The van der Waals surface area contributed by atoms with Gasteiger partial charge in [-0.2, -0.15) is 0 Å². The van der Waals surface area contributed by atoms with Gasteiger partial charge in [0.25, 0.3) is 0 Å². The first-order valence-electron chi connectivity index (χ1n) is 8.52. The minimum atomic E-state index is -1.81. The molecule has 1 aromatic rings. The minimum absolute atomic E-state index is 0.0406. The third-order valence-corrected chi connectivity index (χ3v) is 4.43. The number of aliphatic hydroxyl groups excluding tert-OH is 4. The van der Waals surface area contributed by atoms with E-state index >= 15 is 0 Å². The lowest BCUT2D eigenvalue weighted by Crippen LogP contribution is -2.61. The second-order valence-electron chi connectivity index (χ2n) is 6.63. The van der Waals surface area contributed by atoms with E-state index < -0.39 is 61.7 Å². The maximum atomic E-state index is 12.6. The number of carbonyl (C=O) groups is 2. The summed E-state index contributed by atoms with van der Waals surface area (Å²) in [7, 11) is 0. The Morgan fingerprint density at radius 2 is 1.68 bits per heavy atom. The third-order valence-electron chi connectivity index (χ3n) is 4.43. The molecule has 2 rings (SSSR count). The Morgan fingerprint density at radius 1 is 1.07 bits per heavy atom. The molecular formula is C17H24N2O9. The zero-order valence-corrected chi connectivity index (χ0v) is 14.8. The van der Waals surface area contributed by atoms with Crippen molar-refractivity contribution < 1.29 is 45.0 Å². The number of aliphatic carboxylic acids is 1. The first-order valence-corrected chi connectivity index (χ1v) is 8.52. The van der Waals surface area contributed by atoms with E-state index in [9.17, 15) is 35.1 Å². The van der Waals surface area contributed by atoms with Gasteiger partial charge in [0.15, 0.2) is 6.29 Å². The van der Waals surface area contributed by atoms with E-state index in [-0.39, 0.29) is 12.2 Å². The van der Waals surface area contributed by atoms with Gasteiger partial charge in [-0.3, -0.25) is 9.59 Å². The molecule has 1 fully saturated rings. The van der Waals surface area contributed by atoms with Crippen LogP contribution < -0.4 is 5.73 Å². The molecule has 0 aliphatic carbocycles. The highest BCUT2D eigenvalue weighted by Crippen LogP contribution is 2.21. The van der Waals surface area contributed by atoms with Crippen LogP contribution in [0, 0.1) is 0 Å². The SMILES string of the molecule is N[C@@H](Cc1ccc(O)cc1)C(=O)N(CC(=O)O)C[C@H]1OC(O)[C@H](O)[C@@H](O)[C@H]1O. The van der Waals surface area contributed by atoms with E-state index in [2.05, 4.69) is 0 Å². The molecule has 1 aliphatic heterocycles. The van der Waals surface area contributed by atoms with Gasteiger partial charge in [0, 0.05) is 0 Å². The van der Waals surface area contributed by atoms with Crippen LogP contribution in [0.5, 0.6) is 5.75 Å². The molecule has 6 atom stereocenters. The number of carboxylic acid groups (broad SMARTS) is 1. The van der Waals surface area contributed by atoms with Gasteiger partial charge in [-0.15, -0.1) is 0 Å². The first kappa shape index (κ1) is 22.0. The molecule has 11 heteroatoms. The number of ether oxygens (including phenoxy) is 1. The van der Waals surface area contributed by atoms with Crippen molar-refractivity contribution in [3.8, 4) is 5.75 Å². The van der Waals surface area contributed by atoms with Crippen molar-refractivity contribution in [2.24, 2.45) is 5.73 Å². The number of nitrogens with two attached hydrogens (primary N) is 1. The van der Waals surface area contributed by atoms with Crippen LogP contribution >= 0.6 is 0 Å². The van der Waals surface area contributed by atoms with Crippen LogP contribution in [-0.4, -0.2) is 97.3 Å². The second-order valence-corrected chi connectivity index (χ2v) is 6.63. The number of hydrogen-bond donors (Lipinski definition) is 7. The summed E-state index contributed by atoms with van der Waals surface area (Å²) in [4.78, 5) is 24.6. The molecule has 156 valence electrons. The topological polar surface area (TPSA) is 194 Å². The van der Waals surface area contributed by atoms with E-state index in [1.807, 2.05) is 0 Å². The molecule has 0 aromatic heterocycles. The van der Waals surface area contributed by atoms with Crippen LogP contribution in [0.1, 0.15) is 5.56 Å². The largest absolute Gasteiger partial charge is 0.508 e. The summed E-state index contributed by atoms with van der Waals surface area (Å²) in [5.41, 5.74) is 6.53. The summed E-state index contributed by atoms with van der Waals surface area (Å²) in [5, 5.41) is 57.2.